The SMILES string of the molecule is N#Cc1ccccc1N(S)C(=O)c1ccccc1. The molecular formula is C14H10N2OS. The predicted molar refractivity (Wildman–Crippen MR) is 73.4 cm³/mol. The zero-order valence-electron chi connectivity index (χ0n) is 9.45. The Balaban J connectivity index is 2.35. The smallest absolute Gasteiger partial charge is 0.268 e. The van der Waals surface area contributed by atoms with Gasteiger partial charge in [-0.25, -0.2) is 0 Å². The lowest BCUT2D eigenvalue weighted by Gasteiger charge is -2.16. The molecule has 0 aliphatic carbocycles. The maximum absolute atomic E-state index is 12.2. The summed E-state index contributed by atoms with van der Waals surface area (Å²) in [4.78, 5) is 12.2. The van der Waals surface area contributed by atoms with E-state index in [9.17, 15) is 4.79 Å². The van der Waals surface area contributed by atoms with Gasteiger partial charge in [0.05, 0.1) is 11.3 Å². The second-order valence-corrected chi connectivity index (χ2v) is 4.01. The van der Waals surface area contributed by atoms with E-state index in [2.05, 4.69) is 12.8 Å². The fourth-order valence-electron chi connectivity index (χ4n) is 1.57. The first kappa shape index (κ1) is 12.2. The maximum Gasteiger partial charge on any atom is 0.268 e. The Labute approximate surface area is 111 Å². The van der Waals surface area contributed by atoms with Gasteiger partial charge in [0.15, 0.2) is 0 Å². The summed E-state index contributed by atoms with van der Waals surface area (Å²) in [5.41, 5.74) is 1.43. The van der Waals surface area contributed by atoms with Gasteiger partial charge in [-0.2, -0.15) is 5.26 Å². The quantitative estimate of drug-likeness (QED) is 0.837. The lowest BCUT2D eigenvalue weighted by molar-refractivity contribution is 0.101. The number of hydrogen-bond donors (Lipinski definition) is 1. The van der Waals surface area contributed by atoms with Crippen molar-refractivity contribution in [3.8, 4) is 6.07 Å². The van der Waals surface area contributed by atoms with Gasteiger partial charge in [0.25, 0.3) is 5.91 Å². The van der Waals surface area contributed by atoms with Crippen LogP contribution in [0.4, 0.5) is 5.69 Å². The molecule has 0 aromatic heterocycles. The second-order valence-electron chi connectivity index (χ2n) is 3.61. The molecule has 88 valence electrons. The zero-order valence-corrected chi connectivity index (χ0v) is 10.3. The third-order valence-electron chi connectivity index (χ3n) is 2.47. The molecule has 0 saturated carbocycles. The van der Waals surface area contributed by atoms with Crippen molar-refractivity contribution in [1.29, 1.82) is 5.26 Å². The Morgan fingerprint density at radius 3 is 2.33 bits per heavy atom. The Morgan fingerprint density at radius 1 is 1.06 bits per heavy atom. The molecule has 18 heavy (non-hydrogen) atoms. The van der Waals surface area contributed by atoms with Crippen molar-refractivity contribution in [2.75, 3.05) is 4.31 Å². The van der Waals surface area contributed by atoms with Gasteiger partial charge in [-0.05, 0) is 24.3 Å². The molecular weight excluding hydrogens is 244 g/mol. The molecule has 2 rings (SSSR count). The van der Waals surface area contributed by atoms with E-state index < -0.39 is 0 Å². The molecule has 0 radical (unpaired) electrons. The lowest BCUT2D eigenvalue weighted by Crippen LogP contribution is -2.21. The summed E-state index contributed by atoms with van der Waals surface area (Å²) >= 11 is 4.18. The van der Waals surface area contributed by atoms with E-state index in [0.29, 0.717) is 16.8 Å². The maximum atomic E-state index is 12.2. The van der Waals surface area contributed by atoms with Crippen molar-refractivity contribution in [2.45, 2.75) is 0 Å². The van der Waals surface area contributed by atoms with E-state index >= 15 is 0 Å². The van der Waals surface area contributed by atoms with Crippen molar-refractivity contribution in [3.63, 3.8) is 0 Å². The number of hydrogen-bond acceptors (Lipinski definition) is 3. The van der Waals surface area contributed by atoms with E-state index in [-0.39, 0.29) is 5.91 Å². The van der Waals surface area contributed by atoms with E-state index in [4.69, 9.17) is 5.26 Å². The van der Waals surface area contributed by atoms with Gasteiger partial charge in [0.2, 0.25) is 0 Å². The Kier molecular flexibility index (Phi) is 3.66. The molecule has 0 aliphatic rings. The third kappa shape index (κ3) is 2.36. The molecule has 2 aromatic rings. The normalized spacial score (nSPS) is 9.56. The van der Waals surface area contributed by atoms with Gasteiger partial charge in [-0.1, -0.05) is 43.1 Å². The molecule has 0 N–H and O–H groups in total. The van der Waals surface area contributed by atoms with E-state index in [1.807, 2.05) is 12.1 Å². The highest BCUT2D eigenvalue weighted by molar-refractivity contribution is 7.82. The summed E-state index contributed by atoms with van der Waals surface area (Å²) in [6.45, 7) is 0. The van der Waals surface area contributed by atoms with Crippen LogP contribution in [0.1, 0.15) is 15.9 Å². The summed E-state index contributed by atoms with van der Waals surface area (Å²) in [5, 5.41) is 9.00. The summed E-state index contributed by atoms with van der Waals surface area (Å²) < 4.78 is 1.19. The minimum atomic E-state index is -0.262. The summed E-state index contributed by atoms with van der Waals surface area (Å²) in [5.74, 6) is -0.262. The van der Waals surface area contributed by atoms with Gasteiger partial charge in [0, 0.05) is 5.56 Å². The number of para-hydroxylation sites is 1. The van der Waals surface area contributed by atoms with Crippen molar-refractivity contribution in [1.82, 2.24) is 0 Å². The van der Waals surface area contributed by atoms with Crippen LogP contribution in [-0.4, -0.2) is 5.91 Å². The fourth-order valence-corrected chi connectivity index (χ4v) is 1.86. The third-order valence-corrected chi connectivity index (χ3v) is 2.86. The number of carbonyl (C=O) groups is 1. The van der Waals surface area contributed by atoms with E-state index in [1.165, 1.54) is 4.31 Å². The standard InChI is InChI=1S/C14H10N2OS/c15-10-12-8-4-5-9-13(12)16(18)14(17)11-6-2-1-3-7-11/h1-9,18H. The van der Waals surface area contributed by atoms with Gasteiger partial charge in [-0.15, -0.1) is 0 Å². The Bertz CT molecular complexity index is 605. The number of nitriles is 1. The monoisotopic (exact) mass is 254 g/mol. The van der Waals surface area contributed by atoms with E-state index in [0.717, 1.165) is 0 Å². The van der Waals surface area contributed by atoms with Crippen LogP contribution in [0.5, 0.6) is 0 Å². The van der Waals surface area contributed by atoms with Crippen LogP contribution in [-0.2, 0) is 0 Å². The van der Waals surface area contributed by atoms with Gasteiger partial charge in [0.1, 0.15) is 6.07 Å². The minimum Gasteiger partial charge on any atom is -0.268 e. The number of benzene rings is 2. The predicted octanol–water partition coefficient (Wildman–Crippen LogP) is 3.05. The number of carbonyl (C=O) groups excluding carboxylic acids is 1. The molecule has 0 atom stereocenters. The largest absolute Gasteiger partial charge is 0.268 e. The van der Waals surface area contributed by atoms with Crippen molar-refractivity contribution in [3.05, 3.63) is 65.7 Å². The molecule has 0 heterocycles. The van der Waals surface area contributed by atoms with Crippen LogP contribution in [0.25, 0.3) is 0 Å². The average molecular weight is 254 g/mol. The van der Waals surface area contributed by atoms with Crippen LogP contribution >= 0.6 is 12.8 Å². The molecule has 3 nitrogen and oxygen atoms in total. The molecule has 2 aromatic carbocycles. The number of nitrogens with zero attached hydrogens (tertiary/aromatic N) is 2. The molecule has 0 fully saturated rings. The van der Waals surface area contributed by atoms with Crippen LogP contribution in [0.2, 0.25) is 0 Å². The van der Waals surface area contributed by atoms with Crippen molar-refractivity contribution < 1.29 is 4.79 Å². The molecule has 1 amide bonds. The zero-order chi connectivity index (χ0) is 13.0. The summed E-state index contributed by atoms with van der Waals surface area (Å²) in [6.07, 6.45) is 0. The topological polar surface area (TPSA) is 44.1 Å². The highest BCUT2D eigenvalue weighted by atomic mass is 32.1. The Morgan fingerprint density at radius 2 is 1.67 bits per heavy atom. The molecule has 0 bridgehead atoms. The lowest BCUT2D eigenvalue weighted by atomic mass is 10.1. The van der Waals surface area contributed by atoms with Crippen LogP contribution in [0, 0.1) is 11.3 Å². The van der Waals surface area contributed by atoms with Crippen LogP contribution < -0.4 is 4.31 Å². The first-order valence-corrected chi connectivity index (χ1v) is 5.71. The van der Waals surface area contributed by atoms with Crippen molar-refractivity contribution >= 4 is 24.4 Å². The molecule has 0 unspecified atom stereocenters. The highest BCUT2D eigenvalue weighted by Crippen LogP contribution is 2.23. The Hall–Kier alpha value is -2.25. The van der Waals surface area contributed by atoms with Crippen LogP contribution in [0.15, 0.2) is 54.6 Å². The van der Waals surface area contributed by atoms with Gasteiger partial charge in [-0.3, -0.25) is 9.10 Å². The molecule has 0 aliphatic heterocycles. The average Bonchev–Trinajstić information content (AvgIpc) is 2.46. The second kappa shape index (κ2) is 5.39. The van der Waals surface area contributed by atoms with Gasteiger partial charge < -0.3 is 0 Å². The number of rotatable bonds is 2. The number of amides is 1. The first-order chi connectivity index (χ1) is 8.74. The fraction of sp³-hybridized carbons (Fsp3) is 0. The number of anilines is 1. The summed E-state index contributed by atoms with van der Waals surface area (Å²) in [7, 11) is 0. The molecule has 4 heteroatoms. The molecule has 0 spiro atoms. The summed E-state index contributed by atoms with van der Waals surface area (Å²) in [6, 6.07) is 17.7. The minimum absolute atomic E-state index is 0.262. The van der Waals surface area contributed by atoms with Crippen LogP contribution in [0.3, 0.4) is 0 Å². The molecule has 0 saturated heterocycles. The number of thiol groups is 1. The van der Waals surface area contributed by atoms with Crippen molar-refractivity contribution in [2.24, 2.45) is 0 Å². The first-order valence-electron chi connectivity index (χ1n) is 5.31. The highest BCUT2D eigenvalue weighted by Gasteiger charge is 2.16. The van der Waals surface area contributed by atoms with Gasteiger partial charge >= 0.3 is 0 Å². The van der Waals surface area contributed by atoms with E-state index in [1.54, 1.807) is 48.5 Å².